The minimum absolute atomic E-state index is 0.720. The standard InChI is InChI=1S/C13H24Si/c1-3-5-7-10-14(12-9-13-14)11-8-6-4-2/h3-6H,7-13H2,1-2H3/b5-3+,6-4+. The number of allylic oxidation sites excluding steroid dienone is 4. The Balaban J connectivity index is 2.26. The van der Waals surface area contributed by atoms with Crippen LogP contribution in [0.15, 0.2) is 24.3 Å². The van der Waals surface area contributed by atoms with Crippen LogP contribution in [0, 0.1) is 0 Å². The first-order valence-corrected chi connectivity index (χ1v) is 8.88. The highest BCUT2D eigenvalue weighted by molar-refractivity contribution is 6.82. The van der Waals surface area contributed by atoms with Gasteiger partial charge in [0.05, 0.1) is 8.07 Å². The van der Waals surface area contributed by atoms with Crippen molar-refractivity contribution in [1.82, 2.24) is 0 Å². The van der Waals surface area contributed by atoms with Gasteiger partial charge in [-0.2, -0.15) is 0 Å². The van der Waals surface area contributed by atoms with Crippen LogP contribution in [0.25, 0.3) is 0 Å². The predicted octanol–water partition coefficient (Wildman–Crippen LogP) is 4.77. The molecule has 1 aliphatic rings. The molecule has 0 aliphatic carbocycles. The first kappa shape index (κ1) is 11.8. The molecular formula is C13H24Si. The summed E-state index contributed by atoms with van der Waals surface area (Å²) >= 11 is 0. The van der Waals surface area contributed by atoms with E-state index in [0.717, 1.165) is 0 Å². The molecule has 1 saturated heterocycles. The molecule has 0 amide bonds. The first-order valence-electron chi connectivity index (χ1n) is 6.05. The lowest BCUT2D eigenvalue weighted by Gasteiger charge is -2.40. The van der Waals surface area contributed by atoms with Gasteiger partial charge in [-0.05, 0) is 26.7 Å². The fourth-order valence-electron chi connectivity index (χ4n) is 2.41. The topological polar surface area (TPSA) is 0 Å². The summed E-state index contributed by atoms with van der Waals surface area (Å²) in [5.74, 6) is 0. The van der Waals surface area contributed by atoms with Gasteiger partial charge in [-0.3, -0.25) is 0 Å². The molecule has 0 saturated carbocycles. The third kappa shape index (κ3) is 3.45. The van der Waals surface area contributed by atoms with Gasteiger partial charge in [-0.25, -0.2) is 0 Å². The Morgan fingerprint density at radius 3 is 1.71 bits per heavy atom. The van der Waals surface area contributed by atoms with Crippen molar-refractivity contribution in [3.05, 3.63) is 24.3 Å². The van der Waals surface area contributed by atoms with Crippen LogP contribution in [0.4, 0.5) is 0 Å². The molecule has 0 aromatic heterocycles. The predicted molar refractivity (Wildman–Crippen MR) is 68.5 cm³/mol. The minimum Gasteiger partial charge on any atom is -0.0917 e. The van der Waals surface area contributed by atoms with Crippen LogP contribution in [0.5, 0.6) is 0 Å². The summed E-state index contributed by atoms with van der Waals surface area (Å²) in [6, 6.07) is 6.33. The molecule has 0 N–H and O–H groups in total. The monoisotopic (exact) mass is 208 g/mol. The van der Waals surface area contributed by atoms with Gasteiger partial charge in [0, 0.05) is 0 Å². The van der Waals surface area contributed by atoms with Crippen LogP contribution in [0.1, 0.15) is 33.1 Å². The zero-order valence-corrected chi connectivity index (χ0v) is 10.8. The van der Waals surface area contributed by atoms with Crippen LogP contribution in [0.3, 0.4) is 0 Å². The Morgan fingerprint density at radius 2 is 1.43 bits per heavy atom. The van der Waals surface area contributed by atoms with E-state index in [1.807, 2.05) is 0 Å². The molecule has 1 heteroatoms. The smallest absolute Gasteiger partial charge is 0.0541 e. The Labute approximate surface area is 90.1 Å². The van der Waals surface area contributed by atoms with Gasteiger partial charge in [-0.1, -0.05) is 54.9 Å². The van der Waals surface area contributed by atoms with Crippen molar-refractivity contribution in [2.24, 2.45) is 0 Å². The first-order chi connectivity index (χ1) is 6.83. The molecule has 0 aromatic carbocycles. The van der Waals surface area contributed by atoms with E-state index in [1.54, 1.807) is 24.2 Å². The lowest BCUT2D eigenvalue weighted by atomic mass is 10.4. The normalized spacial score (nSPS) is 20.4. The number of rotatable bonds is 6. The summed E-state index contributed by atoms with van der Waals surface area (Å²) in [7, 11) is -0.720. The quantitative estimate of drug-likeness (QED) is 0.435. The van der Waals surface area contributed by atoms with Gasteiger partial charge < -0.3 is 0 Å². The maximum atomic E-state index is 2.35. The maximum absolute atomic E-state index is 2.35. The molecule has 1 aliphatic heterocycles. The fourth-order valence-corrected chi connectivity index (χ4v) is 6.58. The third-order valence-electron chi connectivity index (χ3n) is 3.57. The molecule has 0 unspecified atom stereocenters. The van der Waals surface area contributed by atoms with Crippen molar-refractivity contribution in [2.45, 2.75) is 57.3 Å². The van der Waals surface area contributed by atoms with Crippen molar-refractivity contribution in [3.8, 4) is 0 Å². The van der Waals surface area contributed by atoms with Crippen molar-refractivity contribution < 1.29 is 0 Å². The second kappa shape index (κ2) is 6.23. The van der Waals surface area contributed by atoms with Crippen LogP contribution in [0.2, 0.25) is 24.2 Å². The van der Waals surface area contributed by atoms with Crippen molar-refractivity contribution in [3.63, 3.8) is 0 Å². The van der Waals surface area contributed by atoms with Crippen LogP contribution in [-0.4, -0.2) is 8.07 Å². The lowest BCUT2D eigenvalue weighted by Crippen LogP contribution is -2.40. The van der Waals surface area contributed by atoms with Crippen molar-refractivity contribution >= 4 is 8.07 Å². The highest BCUT2D eigenvalue weighted by Crippen LogP contribution is 2.41. The Kier molecular flexibility index (Phi) is 5.24. The van der Waals surface area contributed by atoms with Gasteiger partial charge in [0.25, 0.3) is 0 Å². The van der Waals surface area contributed by atoms with E-state index < -0.39 is 8.07 Å². The lowest BCUT2D eigenvalue weighted by molar-refractivity contribution is 0.836. The second-order valence-corrected chi connectivity index (χ2v) is 9.57. The Hall–Kier alpha value is -0.303. The Morgan fingerprint density at radius 1 is 0.929 bits per heavy atom. The molecule has 0 aromatic rings. The molecule has 0 atom stereocenters. The zero-order chi connectivity index (χ0) is 10.3. The largest absolute Gasteiger partial charge is 0.0917 e. The molecule has 1 rings (SSSR count). The van der Waals surface area contributed by atoms with E-state index >= 15 is 0 Å². The van der Waals surface area contributed by atoms with Gasteiger partial charge in [0.2, 0.25) is 0 Å². The van der Waals surface area contributed by atoms with Crippen LogP contribution >= 0.6 is 0 Å². The van der Waals surface area contributed by atoms with Crippen LogP contribution < -0.4 is 0 Å². The maximum Gasteiger partial charge on any atom is 0.0541 e. The summed E-state index contributed by atoms with van der Waals surface area (Å²) in [4.78, 5) is 0. The van der Waals surface area contributed by atoms with Crippen molar-refractivity contribution in [1.29, 1.82) is 0 Å². The summed E-state index contributed by atoms with van der Waals surface area (Å²) in [6.45, 7) is 4.27. The average molecular weight is 208 g/mol. The Bertz CT molecular complexity index is 181. The number of hydrogen-bond donors (Lipinski definition) is 0. The molecule has 14 heavy (non-hydrogen) atoms. The average Bonchev–Trinajstić information content (AvgIpc) is 2.13. The summed E-state index contributed by atoms with van der Waals surface area (Å²) < 4.78 is 0. The summed E-state index contributed by atoms with van der Waals surface area (Å²) in [5, 5.41) is 0. The summed E-state index contributed by atoms with van der Waals surface area (Å²) in [6.07, 6.45) is 13.3. The highest BCUT2D eigenvalue weighted by atomic mass is 28.3. The molecule has 0 nitrogen and oxygen atoms in total. The fraction of sp³-hybridized carbons (Fsp3) is 0.692. The van der Waals surface area contributed by atoms with Crippen LogP contribution in [-0.2, 0) is 0 Å². The van der Waals surface area contributed by atoms with E-state index in [0.29, 0.717) is 0 Å². The van der Waals surface area contributed by atoms with E-state index in [-0.39, 0.29) is 0 Å². The minimum atomic E-state index is -0.720. The van der Waals surface area contributed by atoms with Gasteiger partial charge >= 0.3 is 0 Å². The molecule has 1 heterocycles. The summed E-state index contributed by atoms with van der Waals surface area (Å²) in [5.41, 5.74) is 0. The van der Waals surface area contributed by atoms with Gasteiger partial charge in [-0.15, -0.1) is 0 Å². The highest BCUT2D eigenvalue weighted by Gasteiger charge is 2.37. The molecule has 0 bridgehead atoms. The molecular weight excluding hydrogens is 184 g/mol. The van der Waals surface area contributed by atoms with E-state index in [1.165, 1.54) is 19.3 Å². The van der Waals surface area contributed by atoms with Gasteiger partial charge in [0.1, 0.15) is 0 Å². The second-order valence-electron chi connectivity index (χ2n) is 4.57. The molecule has 0 radical (unpaired) electrons. The number of hydrogen-bond acceptors (Lipinski definition) is 0. The van der Waals surface area contributed by atoms with Gasteiger partial charge in [0.15, 0.2) is 0 Å². The van der Waals surface area contributed by atoms with E-state index in [2.05, 4.69) is 38.2 Å². The zero-order valence-electron chi connectivity index (χ0n) is 9.76. The molecule has 0 spiro atoms. The SMILES string of the molecule is C/C=C/CC[Si]1(CC/C=C/C)CCC1. The van der Waals surface area contributed by atoms with E-state index in [9.17, 15) is 0 Å². The molecule has 80 valence electrons. The third-order valence-corrected chi connectivity index (χ3v) is 9.10. The van der Waals surface area contributed by atoms with Crippen molar-refractivity contribution in [2.75, 3.05) is 0 Å². The molecule has 1 fully saturated rings. The van der Waals surface area contributed by atoms with E-state index in [4.69, 9.17) is 0 Å².